The Labute approximate surface area is 129 Å². The molecule has 0 radical (unpaired) electrons. The number of hydrogen-bond donors (Lipinski definition) is 1. The van der Waals surface area contributed by atoms with E-state index in [0.717, 1.165) is 31.0 Å². The van der Waals surface area contributed by atoms with Crippen molar-refractivity contribution in [2.45, 2.75) is 32.5 Å². The van der Waals surface area contributed by atoms with Crippen molar-refractivity contribution in [2.75, 3.05) is 13.2 Å². The molecule has 2 heterocycles. The van der Waals surface area contributed by atoms with Gasteiger partial charge in [-0.2, -0.15) is 5.10 Å². The molecule has 1 saturated heterocycles. The molecule has 118 valence electrons. The summed E-state index contributed by atoms with van der Waals surface area (Å²) in [5, 5.41) is 7.93. The molecule has 1 fully saturated rings. The Kier molecular flexibility index (Phi) is 4.80. The predicted octanol–water partition coefficient (Wildman–Crippen LogP) is 1.98. The second-order valence-corrected chi connectivity index (χ2v) is 5.82. The fourth-order valence-electron chi connectivity index (χ4n) is 2.72. The number of benzene rings is 1. The van der Waals surface area contributed by atoms with Gasteiger partial charge in [-0.25, -0.2) is 14.1 Å². The maximum Gasteiger partial charge on any atom is 0.164 e. The molecule has 2 aromatic rings. The van der Waals surface area contributed by atoms with Gasteiger partial charge in [0.05, 0.1) is 19.7 Å². The summed E-state index contributed by atoms with van der Waals surface area (Å²) in [5.41, 5.74) is 0.877. The van der Waals surface area contributed by atoms with Crippen LogP contribution in [0.3, 0.4) is 0 Å². The van der Waals surface area contributed by atoms with Crippen LogP contribution in [0.4, 0.5) is 4.39 Å². The molecule has 5 nitrogen and oxygen atoms in total. The van der Waals surface area contributed by atoms with E-state index in [2.05, 4.69) is 22.3 Å². The van der Waals surface area contributed by atoms with Crippen molar-refractivity contribution >= 4 is 0 Å². The standard InChI is InChI=1S/C16H21FN4O/c1-12-10-22-6-5-15(12)18-8-16-19-11-21(20-16)9-13-3-2-4-14(17)7-13/h2-4,7,11-12,15,18H,5-6,8-10H2,1H3. The summed E-state index contributed by atoms with van der Waals surface area (Å²) in [5.74, 6) is 1.03. The van der Waals surface area contributed by atoms with Gasteiger partial charge >= 0.3 is 0 Å². The van der Waals surface area contributed by atoms with E-state index in [4.69, 9.17) is 4.74 Å². The van der Waals surface area contributed by atoms with Crippen molar-refractivity contribution in [1.29, 1.82) is 0 Å². The van der Waals surface area contributed by atoms with Gasteiger partial charge in [0.1, 0.15) is 12.1 Å². The largest absolute Gasteiger partial charge is 0.381 e. The number of ether oxygens (including phenoxy) is 1. The maximum absolute atomic E-state index is 13.2. The normalized spacial score (nSPS) is 21.9. The first-order valence-corrected chi connectivity index (χ1v) is 7.64. The van der Waals surface area contributed by atoms with Gasteiger partial charge in [0.25, 0.3) is 0 Å². The molecule has 1 aliphatic rings. The minimum absolute atomic E-state index is 0.229. The number of hydrogen-bond acceptors (Lipinski definition) is 4. The van der Waals surface area contributed by atoms with Crippen molar-refractivity contribution in [3.05, 3.63) is 47.8 Å². The van der Waals surface area contributed by atoms with Crippen LogP contribution in [0.1, 0.15) is 24.7 Å². The number of rotatable bonds is 5. The van der Waals surface area contributed by atoms with Gasteiger partial charge in [0.2, 0.25) is 0 Å². The summed E-state index contributed by atoms with van der Waals surface area (Å²) >= 11 is 0. The van der Waals surface area contributed by atoms with Crippen LogP contribution in [0.25, 0.3) is 0 Å². The minimum atomic E-state index is -0.229. The lowest BCUT2D eigenvalue weighted by Gasteiger charge is -2.29. The van der Waals surface area contributed by atoms with Gasteiger partial charge in [0.15, 0.2) is 5.82 Å². The summed E-state index contributed by atoms with van der Waals surface area (Å²) in [6.07, 6.45) is 2.71. The molecule has 1 N–H and O–H groups in total. The number of halogens is 1. The predicted molar refractivity (Wildman–Crippen MR) is 80.8 cm³/mol. The summed E-state index contributed by atoms with van der Waals surface area (Å²) < 4.78 is 20.3. The Hall–Kier alpha value is -1.79. The first-order chi connectivity index (χ1) is 10.7. The molecule has 2 unspecified atom stereocenters. The van der Waals surface area contributed by atoms with Crippen LogP contribution in [-0.4, -0.2) is 34.0 Å². The van der Waals surface area contributed by atoms with E-state index in [1.54, 1.807) is 17.1 Å². The highest BCUT2D eigenvalue weighted by Crippen LogP contribution is 2.14. The van der Waals surface area contributed by atoms with E-state index < -0.39 is 0 Å². The van der Waals surface area contributed by atoms with E-state index in [0.29, 0.717) is 25.0 Å². The number of nitrogens with one attached hydrogen (secondary N) is 1. The van der Waals surface area contributed by atoms with E-state index in [1.807, 2.05) is 6.07 Å². The van der Waals surface area contributed by atoms with Gasteiger partial charge in [0, 0.05) is 12.6 Å². The molecule has 0 spiro atoms. The van der Waals surface area contributed by atoms with E-state index in [-0.39, 0.29) is 5.82 Å². The molecule has 1 aromatic carbocycles. The average molecular weight is 304 g/mol. The van der Waals surface area contributed by atoms with Gasteiger partial charge in [-0.15, -0.1) is 0 Å². The third-order valence-corrected chi connectivity index (χ3v) is 3.98. The molecule has 0 aliphatic carbocycles. The number of nitrogens with zero attached hydrogens (tertiary/aromatic N) is 3. The first-order valence-electron chi connectivity index (χ1n) is 7.64. The summed E-state index contributed by atoms with van der Waals surface area (Å²) in [7, 11) is 0. The number of aromatic nitrogens is 3. The lowest BCUT2D eigenvalue weighted by molar-refractivity contribution is 0.0384. The van der Waals surface area contributed by atoms with Crippen molar-refractivity contribution in [2.24, 2.45) is 5.92 Å². The molecule has 1 aromatic heterocycles. The van der Waals surface area contributed by atoms with Gasteiger partial charge in [-0.05, 0) is 30.0 Å². The second-order valence-electron chi connectivity index (χ2n) is 5.82. The zero-order valence-corrected chi connectivity index (χ0v) is 12.7. The molecule has 6 heteroatoms. The fourth-order valence-corrected chi connectivity index (χ4v) is 2.72. The molecule has 1 aliphatic heterocycles. The monoisotopic (exact) mass is 304 g/mol. The summed E-state index contributed by atoms with van der Waals surface area (Å²) in [4.78, 5) is 4.31. The van der Waals surface area contributed by atoms with E-state index >= 15 is 0 Å². The minimum Gasteiger partial charge on any atom is -0.381 e. The van der Waals surface area contributed by atoms with Crippen LogP contribution < -0.4 is 5.32 Å². The highest BCUT2D eigenvalue weighted by Gasteiger charge is 2.21. The molecule has 0 bridgehead atoms. The molecule has 2 atom stereocenters. The molecule has 0 saturated carbocycles. The summed E-state index contributed by atoms with van der Waals surface area (Å²) in [6, 6.07) is 6.99. The van der Waals surface area contributed by atoms with Crippen LogP contribution in [0.5, 0.6) is 0 Å². The quantitative estimate of drug-likeness (QED) is 0.918. The fraction of sp³-hybridized carbons (Fsp3) is 0.500. The van der Waals surface area contributed by atoms with Crippen molar-refractivity contribution < 1.29 is 9.13 Å². The van der Waals surface area contributed by atoms with E-state index in [1.165, 1.54) is 12.1 Å². The maximum atomic E-state index is 13.2. The van der Waals surface area contributed by atoms with Gasteiger partial charge in [-0.1, -0.05) is 19.1 Å². The van der Waals surface area contributed by atoms with Crippen LogP contribution in [-0.2, 0) is 17.8 Å². The van der Waals surface area contributed by atoms with E-state index in [9.17, 15) is 4.39 Å². The smallest absolute Gasteiger partial charge is 0.164 e. The molecular formula is C16H21FN4O. The zero-order valence-electron chi connectivity index (χ0n) is 12.7. The highest BCUT2D eigenvalue weighted by molar-refractivity contribution is 5.16. The van der Waals surface area contributed by atoms with Crippen molar-refractivity contribution in [1.82, 2.24) is 20.1 Å². The average Bonchev–Trinajstić information content (AvgIpc) is 2.94. The Bertz CT molecular complexity index is 616. The lowest BCUT2D eigenvalue weighted by Crippen LogP contribution is -2.41. The van der Waals surface area contributed by atoms with Crippen molar-refractivity contribution in [3.8, 4) is 0 Å². The Balaban J connectivity index is 1.54. The Morgan fingerprint density at radius 3 is 3.18 bits per heavy atom. The topological polar surface area (TPSA) is 52.0 Å². The Morgan fingerprint density at radius 1 is 1.45 bits per heavy atom. The van der Waals surface area contributed by atoms with Gasteiger partial charge < -0.3 is 10.1 Å². The molecule has 22 heavy (non-hydrogen) atoms. The van der Waals surface area contributed by atoms with Crippen molar-refractivity contribution in [3.63, 3.8) is 0 Å². The van der Waals surface area contributed by atoms with Crippen LogP contribution in [0.2, 0.25) is 0 Å². The Morgan fingerprint density at radius 2 is 2.36 bits per heavy atom. The first kappa shape index (κ1) is 15.1. The van der Waals surface area contributed by atoms with Crippen LogP contribution >= 0.6 is 0 Å². The molecule has 3 rings (SSSR count). The molecule has 0 amide bonds. The second kappa shape index (κ2) is 6.98. The lowest BCUT2D eigenvalue weighted by atomic mass is 9.98. The summed E-state index contributed by atoms with van der Waals surface area (Å²) in [6.45, 7) is 4.97. The third kappa shape index (κ3) is 3.90. The highest BCUT2D eigenvalue weighted by atomic mass is 19.1. The SMILES string of the molecule is CC1COCCC1NCc1ncn(Cc2cccc(F)c2)n1. The molecular weight excluding hydrogens is 283 g/mol. The third-order valence-electron chi connectivity index (χ3n) is 3.98. The van der Waals surface area contributed by atoms with Gasteiger partial charge in [-0.3, -0.25) is 0 Å². The van der Waals surface area contributed by atoms with Crippen LogP contribution in [0.15, 0.2) is 30.6 Å². The zero-order chi connectivity index (χ0) is 15.4. The van der Waals surface area contributed by atoms with Crippen LogP contribution in [0, 0.1) is 11.7 Å².